The van der Waals surface area contributed by atoms with Gasteiger partial charge in [0, 0.05) is 4.90 Å². The first kappa shape index (κ1) is 17.9. The molecule has 4 rings (SSSR count). The molecule has 3 nitrogen and oxygen atoms in total. The minimum Gasteiger partial charge on any atom is -0.304 e. The normalized spacial score (nSPS) is 19.0. The number of carbonyl (C=O) groups is 1. The molecule has 3 aromatic carbocycles. The molecule has 1 amide bonds. The summed E-state index contributed by atoms with van der Waals surface area (Å²) in [6.07, 6.45) is 0. The molecule has 134 valence electrons. The van der Waals surface area contributed by atoms with E-state index in [4.69, 9.17) is 0 Å². The SMILES string of the molecule is O=C1NC(=Nc2ccccc2)SC1C(Sc1ccccc1)c1ccccc1. The fraction of sp³-hybridized carbons (Fsp3) is 0.0909. The van der Waals surface area contributed by atoms with Crippen molar-refractivity contribution in [3.63, 3.8) is 0 Å². The number of amides is 1. The third kappa shape index (κ3) is 4.43. The van der Waals surface area contributed by atoms with Gasteiger partial charge in [-0.1, -0.05) is 78.5 Å². The molecule has 0 radical (unpaired) electrons. The summed E-state index contributed by atoms with van der Waals surface area (Å²) in [5.74, 6) is 0.00645. The lowest BCUT2D eigenvalue weighted by Gasteiger charge is -2.20. The molecule has 1 aliphatic heterocycles. The monoisotopic (exact) mass is 390 g/mol. The van der Waals surface area contributed by atoms with Crippen LogP contribution in [0, 0.1) is 0 Å². The van der Waals surface area contributed by atoms with E-state index in [1.807, 2.05) is 66.7 Å². The largest absolute Gasteiger partial charge is 0.304 e. The van der Waals surface area contributed by atoms with E-state index in [1.54, 1.807) is 11.8 Å². The summed E-state index contributed by atoms with van der Waals surface area (Å²) in [5.41, 5.74) is 1.98. The number of para-hydroxylation sites is 1. The average Bonchev–Trinajstić information content (AvgIpc) is 3.08. The first-order valence-corrected chi connectivity index (χ1v) is 10.4. The summed E-state index contributed by atoms with van der Waals surface area (Å²) in [6, 6.07) is 30.1. The predicted molar refractivity (Wildman–Crippen MR) is 115 cm³/mol. The van der Waals surface area contributed by atoms with Gasteiger partial charge in [-0.15, -0.1) is 11.8 Å². The van der Waals surface area contributed by atoms with Gasteiger partial charge in [-0.25, -0.2) is 4.99 Å². The van der Waals surface area contributed by atoms with Crippen molar-refractivity contribution in [2.24, 2.45) is 4.99 Å². The molecule has 0 aromatic heterocycles. The number of thioether (sulfide) groups is 2. The second-order valence-corrected chi connectivity index (χ2v) is 8.39. The molecule has 2 atom stereocenters. The molecule has 3 aromatic rings. The van der Waals surface area contributed by atoms with Crippen LogP contribution in [0.4, 0.5) is 5.69 Å². The Morgan fingerprint density at radius 3 is 2.11 bits per heavy atom. The third-order valence-corrected chi connectivity index (χ3v) is 6.79. The number of nitrogens with one attached hydrogen (secondary N) is 1. The van der Waals surface area contributed by atoms with Gasteiger partial charge in [0.2, 0.25) is 5.91 Å². The molecule has 1 heterocycles. The summed E-state index contributed by atoms with van der Waals surface area (Å²) in [7, 11) is 0. The number of hydrogen-bond donors (Lipinski definition) is 1. The summed E-state index contributed by atoms with van der Waals surface area (Å²) < 4.78 is 0. The zero-order valence-electron chi connectivity index (χ0n) is 14.5. The lowest BCUT2D eigenvalue weighted by atomic mass is 10.1. The van der Waals surface area contributed by atoms with Gasteiger partial charge in [-0.05, 0) is 29.8 Å². The molecular weight excluding hydrogens is 372 g/mol. The Kier molecular flexibility index (Phi) is 5.61. The highest BCUT2D eigenvalue weighted by Crippen LogP contribution is 2.44. The Morgan fingerprint density at radius 2 is 1.44 bits per heavy atom. The second-order valence-electron chi connectivity index (χ2n) is 6.04. The highest BCUT2D eigenvalue weighted by molar-refractivity contribution is 8.16. The lowest BCUT2D eigenvalue weighted by molar-refractivity contribution is -0.118. The molecule has 1 fully saturated rings. The smallest absolute Gasteiger partial charge is 0.241 e. The first-order valence-electron chi connectivity index (χ1n) is 8.67. The fourth-order valence-electron chi connectivity index (χ4n) is 2.85. The van der Waals surface area contributed by atoms with Crippen molar-refractivity contribution >= 4 is 40.3 Å². The zero-order chi connectivity index (χ0) is 18.5. The van der Waals surface area contributed by atoms with Gasteiger partial charge < -0.3 is 5.32 Å². The van der Waals surface area contributed by atoms with E-state index in [-0.39, 0.29) is 16.4 Å². The number of hydrogen-bond acceptors (Lipinski definition) is 4. The molecule has 5 heteroatoms. The average molecular weight is 391 g/mol. The van der Waals surface area contributed by atoms with Crippen LogP contribution in [0.2, 0.25) is 0 Å². The molecule has 2 unspecified atom stereocenters. The first-order chi connectivity index (χ1) is 13.3. The van der Waals surface area contributed by atoms with Gasteiger partial charge in [0.15, 0.2) is 5.17 Å². The van der Waals surface area contributed by atoms with Crippen LogP contribution in [0.15, 0.2) is 101 Å². The van der Waals surface area contributed by atoms with Crippen molar-refractivity contribution in [2.45, 2.75) is 15.4 Å². The van der Waals surface area contributed by atoms with Crippen molar-refractivity contribution < 1.29 is 4.79 Å². The molecule has 0 spiro atoms. The Balaban J connectivity index is 1.62. The van der Waals surface area contributed by atoms with Crippen molar-refractivity contribution in [2.75, 3.05) is 0 Å². The van der Waals surface area contributed by atoms with E-state index < -0.39 is 0 Å². The van der Waals surface area contributed by atoms with E-state index in [2.05, 4.69) is 34.6 Å². The van der Waals surface area contributed by atoms with Crippen LogP contribution in [0.25, 0.3) is 0 Å². The van der Waals surface area contributed by atoms with Gasteiger partial charge in [-0.2, -0.15) is 0 Å². The minimum atomic E-state index is -0.236. The second kappa shape index (κ2) is 8.46. The number of benzene rings is 3. The van der Waals surface area contributed by atoms with Gasteiger partial charge in [0.1, 0.15) is 5.25 Å². The zero-order valence-corrected chi connectivity index (χ0v) is 16.1. The highest BCUT2D eigenvalue weighted by Gasteiger charge is 2.38. The van der Waals surface area contributed by atoms with Gasteiger partial charge in [-0.3, -0.25) is 4.79 Å². The van der Waals surface area contributed by atoms with E-state index in [0.717, 1.165) is 16.1 Å². The van der Waals surface area contributed by atoms with Crippen LogP contribution in [0.1, 0.15) is 10.8 Å². The van der Waals surface area contributed by atoms with Gasteiger partial charge >= 0.3 is 0 Å². The summed E-state index contributed by atoms with van der Waals surface area (Å²) >= 11 is 3.22. The van der Waals surface area contributed by atoms with E-state index >= 15 is 0 Å². The Bertz CT molecular complexity index is 930. The third-order valence-electron chi connectivity index (χ3n) is 4.12. The molecule has 0 bridgehead atoms. The van der Waals surface area contributed by atoms with Crippen LogP contribution in [0.3, 0.4) is 0 Å². The fourth-order valence-corrected chi connectivity index (χ4v) is 5.33. The molecule has 0 saturated carbocycles. The van der Waals surface area contributed by atoms with Crippen LogP contribution >= 0.6 is 23.5 Å². The standard InChI is InChI=1S/C22H18N2OS2/c25-21-20(27-22(24-21)23-17-12-6-2-7-13-17)19(16-10-4-1-5-11-16)26-18-14-8-3-9-15-18/h1-15,19-20H,(H,23,24,25). The number of carbonyl (C=O) groups excluding carboxylic acids is 1. The number of rotatable bonds is 5. The quantitative estimate of drug-likeness (QED) is 0.590. The van der Waals surface area contributed by atoms with E-state index in [9.17, 15) is 4.79 Å². The summed E-state index contributed by atoms with van der Waals surface area (Å²) in [6.45, 7) is 0. The maximum Gasteiger partial charge on any atom is 0.241 e. The number of aliphatic imine (C=N–C) groups is 1. The highest BCUT2D eigenvalue weighted by atomic mass is 32.2. The molecular formula is C22H18N2OS2. The van der Waals surface area contributed by atoms with E-state index in [1.165, 1.54) is 11.8 Å². The minimum absolute atomic E-state index is 0.00192. The van der Waals surface area contributed by atoms with Crippen LogP contribution in [0.5, 0.6) is 0 Å². The van der Waals surface area contributed by atoms with Crippen LogP contribution in [-0.4, -0.2) is 16.3 Å². The van der Waals surface area contributed by atoms with Crippen molar-refractivity contribution in [1.29, 1.82) is 0 Å². The molecule has 1 saturated heterocycles. The van der Waals surface area contributed by atoms with Crippen molar-refractivity contribution in [3.05, 3.63) is 96.6 Å². The maximum absolute atomic E-state index is 12.8. The molecule has 1 aliphatic rings. The van der Waals surface area contributed by atoms with Crippen LogP contribution < -0.4 is 5.32 Å². The molecule has 1 N–H and O–H groups in total. The Labute approximate surface area is 167 Å². The number of amidine groups is 1. The van der Waals surface area contributed by atoms with Crippen LogP contribution in [-0.2, 0) is 4.79 Å². The molecule has 27 heavy (non-hydrogen) atoms. The topological polar surface area (TPSA) is 41.5 Å². The summed E-state index contributed by atoms with van der Waals surface area (Å²) in [5, 5.41) is 3.37. The van der Waals surface area contributed by atoms with E-state index in [0.29, 0.717) is 5.17 Å². The van der Waals surface area contributed by atoms with Crippen molar-refractivity contribution in [3.8, 4) is 0 Å². The lowest BCUT2D eigenvalue weighted by Crippen LogP contribution is -2.27. The summed E-state index contributed by atoms with van der Waals surface area (Å²) in [4.78, 5) is 18.5. The number of nitrogens with zero attached hydrogens (tertiary/aromatic N) is 1. The maximum atomic E-state index is 12.8. The predicted octanol–water partition coefficient (Wildman–Crippen LogP) is 5.44. The Hall–Kier alpha value is -2.50. The molecule has 0 aliphatic carbocycles. The van der Waals surface area contributed by atoms with Crippen molar-refractivity contribution in [1.82, 2.24) is 5.32 Å². The van der Waals surface area contributed by atoms with Gasteiger partial charge in [0.25, 0.3) is 0 Å². The van der Waals surface area contributed by atoms with Gasteiger partial charge in [0.05, 0.1) is 10.9 Å². The Morgan fingerprint density at radius 1 is 0.852 bits per heavy atom.